The van der Waals surface area contributed by atoms with Crippen molar-refractivity contribution in [3.8, 4) is 0 Å². The summed E-state index contributed by atoms with van der Waals surface area (Å²) in [5, 5.41) is 13.5. The van der Waals surface area contributed by atoms with E-state index in [0.717, 1.165) is 0 Å². The Morgan fingerprint density at radius 1 is 1.27 bits per heavy atom. The van der Waals surface area contributed by atoms with Crippen LogP contribution in [0.5, 0.6) is 0 Å². The highest BCUT2D eigenvalue weighted by molar-refractivity contribution is 5.79. The molecule has 88 valence electrons. The number of allylic oxidation sites excluding steroid dienone is 2. The highest BCUT2D eigenvalue weighted by Crippen LogP contribution is 2.22. The smallest absolute Gasteiger partial charge is 0.0780 e. The van der Waals surface area contributed by atoms with Crippen LogP contribution in [0.4, 0.5) is 0 Å². The van der Waals surface area contributed by atoms with Gasteiger partial charge in [-0.1, -0.05) is 26.8 Å². The third-order valence-electron chi connectivity index (χ3n) is 1.98. The van der Waals surface area contributed by atoms with Crippen molar-refractivity contribution in [1.82, 2.24) is 5.43 Å². The van der Waals surface area contributed by atoms with E-state index in [2.05, 4.69) is 37.4 Å². The summed E-state index contributed by atoms with van der Waals surface area (Å²) in [7, 11) is 0. The zero-order valence-electron chi connectivity index (χ0n) is 10.8. The average Bonchev–Trinajstić information content (AvgIpc) is 1.99. The van der Waals surface area contributed by atoms with Crippen LogP contribution in [0.1, 0.15) is 41.5 Å². The van der Waals surface area contributed by atoms with Crippen LogP contribution in [0, 0.1) is 5.41 Å². The lowest BCUT2D eigenvalue weighted by Crippen LogP contribution is -2.32. The Hall–Kier alpha value is -0.830. The number of nitrogens with one attached hydrogen (secondary N) is 1. The van der Waals surface area contributed by atoms with Crippen molar-refractivity contribution in [2.45, 2.75) is 47.1 Å². The molecule has 0 saturated heterocycles. The highest BCUT2D eigenvalue weighted by atomic mass is 16.3. The van der Waals surface area contributed by atoms with Gasteiger partial charge >= 0.3 is 0 Å². The maximum absolute atomic E-state index is 9.45. The van der Waals surface area contributed by atoms with E-state index in [4.69, 9.17) is 0 Å². The Labute approximate surface area is 93.3 Å². The van der Waals surface area contributed by atoms with E-state index in [1.807, 2.05) is 13.1 Å². The molecule has 0 spiro atoms. The van der Waals surface area contributed by atoms with Crippen LogP contribution in [0.25, 0.3) is 0 Å². The number of nitrogens with zero attached hydrogens (tertiary/aromatic N) is 1. The minimum atomic E-state index is -0.727. The van der Waals surface area contributed by atoms with E-state index in [1.165, 1.54) is 5.57 Å². The van der Waals surface area contributed by atoms with Crippen molar-refractivity contribution < 1.29 is 5.11 Å². The van der Waals surface area contributed by atoms with E-state index in [0.29, 0.717) is 6.54 Å². The predicted octanol–water partition coefficient (Wildman–Crippen LogP) is 2.33. The Morgan fingerprint density at radius 2 is 1.80 bits per heavy atom. The van der Waals surface area contributed by atoms with Gasteiger partial charge in [-0.2, -0.15) is 5.10 Å². The molecule has 0 unspecified atom stereocenters. The summed E-state index contributed by atoms with van der Waals surface area (Å²) in [4.78, 5) is 0. The number of hydrogen-bond donors (Lipinski definition) is 2. The molecule has 0 heterocycles. The van der Waals surface area contributed by atoms with E-state index in [9.17, 15) is 5.11 Å². The van der Waals surface area contributed by atoms with E-state index >= 15 is 0 Å². The van der Waals surface area contributed by atoms with Gasteiger partial charge in [0.15, 0.2) is 0 Å². The van der Waals surface area contributed by atoms with Crippen molar-refractivity contribution in [2.75, 3.05) is 6.54 Å². The van der Waals surface area contributed by atoms with E-state index < -0.39 is 5.60 Å². The molecule has 0 aromatic rings. The third kappa shape index (κ3) is 7.14. The van der Waals surface area contributed by atoms with Gasteiger partial charge in [0.25, 0.3) is 0 Å². The zero-order chi connectivity index (χ0) is 12.1. The molecule has 0 aliphatic rings. The van der Waals surface area contributed by atoms with Crippen LogP contribution in [-0.4, -0.2) is 23.5 Å². The molecule has 0 aliphatic heterocycles. The van der Waals surface area contributed by atoms with Crippen molar-refractivity contribution in [3.05, 3.63) is 11.6 Å². The molecular formula is C12H24N2O. The van der Waals surface area contributed by atoms with Crippen molar-refractivity contribution in [1.29, 1.82) is 0 Å². The molecular weight excluding hydrogens is 188 g/mol. The van der Waals surface area contributed by atoms with Gasteiger partial charge in [-0.25, -0.2) is 0 Å². The van der Waals surface area contributed by atoms with Gasteiger partial charge in [0.05, 0.1) is 18.4 Å². The Kier molecular flexibility index (Phi) is 5.01. The van der Waals surface area contributed by atoms with Crippen molar-refractivity contribution in [2.24, 2.45) is 10.5 Å². The molecule has 0 fully saturated rings. The first-order chi connectivity index (χ1) is 6.67. The molecule has 0 bridgehead atoms. The quantitative estimate of drug-likeness (QED) is 0.555. The fourth-order valence-corrected chi connectivity index (χ4v) is 1.06. The summed E-state index contributed by atoms with van der Waals surface area (Å²) in [5.41, 5.74) is 3.39. The Bertz CT molecular complexity index is 241. The number of rotatable bonds is 4. The second-order valence-electron chi connectivity index (χ2n) is 5.40. The van der Waals surface area contributed by atoms with Gasteiger partial charge < -0.3 is 10.5 Å². The summed E-state index contributed by atoms with van der Waals surface area (Å²) in [5.74, 6) is 0. The summed E-state index contributed by atoms with van der Waals surface area (Å²) < 4.78 is 0. The summed E-state index contributed by atoms with van der Waals surface area (Å²) in [6.07, 6.45) is 3.86. The summed E-state index contributed by atoms with van der Waals surface area (Å²) in [6.45, 7) is 12.4. The van der Waals surface area contributed by atoms with Gasteiger partial charge in [0.1, 0.15) is 0 Å². The Morgan fingerprint density at radius 3 is 2.13 bits per heavy atom. The monoisotopic (exact) mass is 212 g/mol. The van der Waals surface area contributed by atoms with Crippen LogP contribution >= 0.6 is 0 Å². The molecule has 0 amide bonds. The summed E-state index contributed by atoms with van der Waals surface area (Å²) >= 11 is 0. The topological polar surface area (TPSA) is 44.6 Å². The second-order valence-corrected chi connectivity index (χ2v) is 5.40. The summed E-state index contributed by atoms with van der Waals surface area (Å²) in [6, 6.07) is 0. The molecule has 0 aliphatic carbocycles. The van der Waals surface area contributed by atoms with Gasteiger partial charge in [0, 0.05) is 0 Å². The molecule has 15 heavy (non-hydrogen) atoms. The second kappa shape index (κ2) is 5.31. The molecule has 3 nitrogen and oxygen atoms in total. The SMILES string of the molecule is C/C=C(\C=N/NCC(C)(C)O)C(C)(C)C. The van der Waals surface area contributed by atoms with Crippen LogP contribution in [0.3, 0.4) is 0 Å². The number of aliphatic hydroxyl groups is 1. The zero-order valence-corrected chi connectivity index (χ0v) is 10.8. The first-order valence-electron chi connectivity index (χ1n) is 5.32. The molecule has 0 atom stereocenters. The largest absolute Gasteiger partial charge is 0.389 e. The molecule has 0 saturated carbocycles. The van der Waals surface area contributed by atoms with Gasteiger partial charge in [-0.15, -0.1) is 0 Å². The van der Waals surface area contributed by atoms with E-state index in [1.54, 1.807) is 13.8 Å². The van der Waals surface area contributed by atoms with Gasteiger partial charge in [-0.05, 0) is 31.8 Å². The first kappa shape index (κ1) is 14.2. The highest BCUT2D eigenvalue weighted by Gasteiger charge is 2.14. The van der Waals surface area contributed by atoms with Crippen LogP contribution in [-0.2, 0) is 0 Å². The maximum atomic E-state index is 9.45. The molecule has 0 radical (unpaired) electrons. The molecule has 0 aromatic heterocycles. The Balaban J connectivity index is 4.18. The maximum Gasteiger partial charge on any atom is 0.0780 e. The lowest BCUT2D eigenvalue weighted by atomic mass is 9.87. The van der Waals surface area contributed by atoms with E-state index in [-0.39, 0.29) is 5.41 Å². The lowest BCUT2D eigenvalue weighted by molar-refractivity contribution is 0.0804. The minimum absolute atomic E-state index is 0.106. The third-order valence-corrected chi connectivity index (χ3v) is 1.98. The van der Waals surface area contributed by atoms with Crippen LogP contribution in [0.2, 0.25) is 0 Å². The lowest BCUT2D eigenvalue weighted by Gasteiger charge is -2.20. The average molecular weight is 212 g/mol. The number of hydrogen-bond acceptors (Lipinski definition) is 3. The standard InChI is InChI=1S/C12H24N2O/c1-7-10(11(2,3)4)8-13-14-9-12(5,6)15/h7-8,14-15H,9H2,1-6H3/b10-7+,13-8-. The minimum Gasteiger partial charge on any atom is -0.389 e. The van der Waals surface area contributed by atoms with Crippen LogP contribution in [0.15, 0.2) is 16.8 Å². The van der Waals surface area contributed by atoms with Gasteiger partial charge in [-0.3, -0.25) is 0 Å². The molecule has 0 rings (SSSR count). The van der Waals surface area contributed by atoms with Gasteiger partial charge in [0.2, 0.25) is 0 Å². The number of hydrazone groups is 1. The first-order valence-corrected chi connectivity index (χ1v) is 5.32. The predicted molar refractivity (Wildman–Crippen MR) is 66.0 cm³/mol. The molecule has 3 heteroatoms. The van der Waals surface area contributed by atoms with Crippen LogP contribution < -0.4 is 5.43 Å². The fourth-order valence-electron chi connectivity index (χ4n) is 1.06. The normalized spacial score (nSPS) is 14.7. The van der Waals surface area contributed by atoms with Crippen molar-refractivity contribution >= 4 is 6.21 Å². The van der Waals surface area contributed by atoms with Crippen molar-refractivity contribution in [3.63, 3.8) is 0 Å². The molecule has 0 aromatic carbocycles. The fraction of sp³-hybridized carbons (Fsp3) is 0.750. The molecule has 2 N–H and O–H groups in total.